The van der Waals surface area contributed by atoms with E-state index in [4.69, 9.17) is 9.72 Å². The second-order valence-corrected chi connectivity index (χ2v) is 8.34. The van der Waals surface area contributed by atoms with Gasteiger partial charge in [0, 0.05) is 37.4 Å². The van der Waals surface area contributed by atoms with Gasteiger partial charge < -0.3 is 15.0 Å². The van der Waals surface area contributed by atoms with Gasteiger partial charge in [-0.2, -0.15) is 0 Å². The van der Waals surface area contributed by atoms with Gasteiger partial charge in [-0.25, -0.2) is 9.97 Å². The zero-order valence-corrected chi connectivity index (χ0v) is 17.9. The number of amides is 1. The molecule has 0 saturated carbocycles. The number of anilines is 1. The van der Waals surface area contributed by atoms with E-state index in [0.717, 1.165) is 73.9 Å². The zero-order chi connectivity index (χ0) is 20.8. The summed E-state index contributed by atoms with van der Waals surface area (Å²) in [5.41, 5.74) is 3.33. The first-order chi connectivity index (χ1) is 14.7. The Morgan fingerprint density at radius 2 is 2.00 bits per heavy atom. The van der Waals surface area contributed by atoms with Crippen molar-refractivity contribution < 1.29 is 9.53 Å². The lowest BCUT2D eigenvalue weighted by Gasteiger charge is -2.28. The van der Waals surface area contributed by atoms with Gasteiger partial charge in [0.25, 0.3) is 0 Å². The highest BCUT2D eigenvalue weighted by Crippen LogP contribution is 2.26. The number of carbonyl (C=O) groups excluding carboxylic acids is 1. The maximum Gasteiger partial charge on any atom is 0.225 e. The lowest BCUT2D eigenvalue weighted by molar-refractivity contribution is -0.125. The maximum absolute atomic E-state index is 12.7. The molecule has 1 saturated heterocycles. The second-order valence-electron chi connectivity index (χ2n) is 8.34. The van der Waals surface area contributed by atoms with Gasteiger partial charge in [0.05, 0.1) is 6.61 Å². The van der Waals surface area contributed by atoms with E-state index in [-0.39, 0.29) is 11.8 Å². The molecule has 2 heterocycles. The Morgan fingerprint density at radius 1 is 1.20 bits per heavy atom. The Morgan fingerprint density at radius 3 is 2.77 bits per heavy atom. The van der Waals surface area contributed by atoms with Gasteiger partial charge >= 0.3 is 0 Å². The molecule has 0 spiro atoms. The molecule has 0 unspecified atom stereocenters. The first-order valence-electron chi connectivity index (χ1n) is 11.3. The maximum atomic E-state index is 12.7. The number of aromatic nitrogens is 2. The summed E-state index contributed by atoms with van der Waals surface area (Å²) >= 11 is 0. The Kier molecular flexibility index (Phi) is 6.82. The molecule has 4 rings (SSSR count). The molecule has 0 radical (unpaired) electrons. The van der Waals surface area contributed by atoms with Crippen molar-refractivity contribution in [3.05, 3.63) is 47.3 Å². The molecule has 1 aromatic heterocycles. The first kappa shape index (κ1) is 20.6. The number of rotatable bonds is 7. The fraction of sp³-hybridized carbons (Fsp3) is 0.542. The number of hydrogen-bond acceptors (Lipinski definition) is 5. The average Bonchev–Trinajstić information content (AvgIpc) is 2.81. The third-order valence-corrected chi connectivity index (χ3v) is 6.01. The van der Waals surface area contributed by atoms with Crippen LogP contribution in [-0.2, 0) is 24.2 Å². The molecule has 6 nitrogen and oxygen atoms in total. The monoisotopic (exact) mass is 408 g/mol. The summed E-state index contributed by atoms with van der Waals surface area (Å²) in [5.74, 6) is 1.85. The number of carbonyl (C=O) groups is 1. The number of benzene rings is 1. The van der Waals surface area contributed by atoms with E-state index in [2.05, 4.69) is 22.1 Å². The molecule has 1 aliphatic heterocycles. The molecule has 0 bridgehead atoms. The summed E-state index contributed by atoms with van der Waals surface area (Å²) in [6.07, 6.45) is 9.10. The molecular formula is C24H32N4O2. The zero-order valence-electron chi connectivity index (χ0n) is 17.9. The minimum absolute atomic E-state index is 0.00547. The Hall–Kier alpha value is -2.63. The second kappa shape index (κ2) is 9.92. The van der Waals surface area contributed by atoms with Crippen molar-refractivity contribution in [1.82, 2.24) is 15.3 Å². The molecular weight excluding hydrogens is 376 g/mol. The summed E-state index contributed by atoms with van der Waals surface area (Å²) < 4.78 is 5.61. The van der Waals surface area contributed by atoms with E-state index in [1.54, 1.807) is 0 Å². The summed E-state index contributed by atoms with van der Waals surface area (Å²) in [6.45, 7) is 5.46. The van der Waals surface area contributed by atoms with Crippen LogP contribution in [0.5, 0.6) is 5.75 Å². The van der Waals surface area contributed by atoms with Gasteiger partial charge in [0.1, 0.15) is 5.75 Å². The fourth-order valence-electron chi connectivity index (χ4n) is 4.22. The smallest absolute Gasteiger partial charge is 0.225 e. The van der Waals surface area contributed by atoms with Crippen LogP contribution in [0.1, 0.15) is 55.8 Å². The molecule has 1 amide bonds. The molecule has 1 aliphatic carbocycles. The summed E-state index contributed by atoms with van der Waals surface area (Å²) in [5, 5.41) is 3.10. The summed E-state index contributed by atoms with van der Waals surface area (Å²) in [4.78, 5) is 24.4. The molecule has 2 aromatic rings. The van der Waals surface area contributed by atoms with Crippen LogP contribution in [0.2, 0.25) is 0 Å². The normalized spacial score (nSPS) is 18.6. The van der Waals surface area contributed by atoms with E-state index in [1.165, 1.54) is 19.3 Å². The van der Waals surface area contributed by atoms with Crippen LogP contribution in [-0.4, -0.2) is 35.6 Å². The number of nitrogens with zero attached hydrogens (tertiary/aromatic N) is 3. The van der Waals surface area contributed by atoms with Crippen LogP contribution < -0.4 is 15.0 Å². The van der Waals surface area contributed by atoms with Crippen LogP contribution in [0, 0.1) is 5.92 Å². The number of aryl methyl sites for hydroxylation is 1. The van der Waals surface area contributed by atoms with E-state index >= 15 is 0 Å². The molecule has 30 heavy (non-hydrogen) atoms. The van der Waals surface area contributed by atoms with Crippen LogP contribution >= 0.6 is 0 Å². The number of nitrogens with one attached hydrogen (secondary N) is 1. The molecule has 2 aliphatic rings. The lowest BCUT2D eigenvalue weighted by Crippen LogP contribution is -2.35. The predicted molar refractivity (Wildman–Crippen MR) is 118 cm³/mol. The van der Waals surface area contributed by atoms with Gasteiger partial charge in [-0.3, -0.25) is 4.79 Å². The molecule has 1 aromatic carbocycles. The van der Waals surface area contributed by atoms with Crippen LogP contribution in [0.3, 0.4) is 0 Å². The van der Waals surface area contributed by atoms with Crippen LogP contribution in [0.4, 0.5) is 5.95 Å². The van der Waals surface area contributed by atoms with E-state index in [9.17, 15) is 4.79 Å². The number of fused-ring (bicyclic) bond motifs is 1. The number of piperidine rings is 1. The minimum Gasteiger partial charge on any atom is -0.494 e. The molecule has 1 atom stereocenters. The molecule has 160 valence electrons. The largest absolute Gasteiger partial charge is 0.494 e. The van der Waals surface area contributed by atoms with Gasteiger partial charge in [-0.1, -0.05) is 19.1 Å². The SMILES string of the molecule is CCCOc1ccc(CNC(=O)[C@H]2CCc3nc(N4CCCCC4)ncc3C2)cc1. The van der Waals surface area contributed by atoms with Gasteiger partial charge in [-0.05, 0) is 68.2 Å². The molecule has 1 fully saturated rings. The van der Waals surface area contributed by atoms with Crippen molar-refractivity contribution in [1.29, 1.82) is 0 Å². The van der Waals surface area contributed by atoms with Crippen molar-refractivity contribution >= 4 is 11.9 Å². The third kappa shape index (κ3) is 5.10. The predicted octanol–water partition coefficient (Wildman–Crippen LogP) is 3.68. The standard InChI is InChI=1S/C24H32N4O2/c1-2-14-30-21-9-6-18(7-10-21)16-25-23(29)19-8-11-22-20(15-19)17-26-24(27-22)28-12-4-3-5-13-28/h6-7,9-10,17,19H,2-5,8,11-16H2,1H3,(H,25,29)/t19-/m0/s1. The minimum atomic E-state index is -0.00547. The van der Waals surface area contributed by atoms with Crippen molar-refractivity contribution in [2.45, 2.75) is 58.4 Å². The quantitative estimate of drug-likeness (QED) is 0.757. The Bertz CT molecular complexity index is 847. The topological polar surface area (TPSA) is 67.3 Å². The Labute approximate surface area is 179 Å². The highest BCUT2D eigenvalue weighted by Gasteiger charge is 2.26. The van der Waals surface area contributed by atoms with E-state index < -0.39 is 0 Å². The van der Waals surface area contributed by atoms with Gasteiger partial charge in [0.15, 0.2) is 0 Å². The van der Waals surface area contributed by atoms with Crippen molar-refractivity contribution in [3.8, 4) is 5.75 Å². The fourth-order valence-corrected chi connectivity index (χ4v) is 4.22. The Balaban J connectivity index is 1.30. The van der Waals surface area contributed by atoms with E-state index in [0.29, 0.717) is 6.54 Å². The van der Waals surface area contributed by atoms with Crippen molar-refractivity contribution in [3.63, 3.8) is 0 Å². The van der Waals surface area contributed by atoms with E-state index in [1.807, 2.05) is 30.5 Å². The molecule has 6 heteroatoms. The van der Waals surface area contributed by atoms with Crippen molar-refractivity contribution in [2.24, 2.45) is 5.92 Å². The summed E-state index contributed by atoms with van der Waals surface area (Å²) in [6, 6.07) is 7.95. The average molecular weight is 409 g/mol. The van der Waals surface area contributed by atoms with Gasteiger partial charge in [0.2, 0.25) is 11.9 Å². The number of ether oxygens (including phenoxy) is 1. The van der Waals surface area contributed by atoms with Crippen LogP contribution in [0.15, 0.2) is 30.5 Å². The highest BCUT2D eigenvalue weighted by molar-refractivity contribution is 5.79. The third-order valence-electron chi connectivity index (χ3n) is 6.01. The van der Waals surface area contributed by atoms with Gasteiger partial charge in [-0.15, -0.1) is 0 Å². The highest BCUT2D eigenvalue weighted by atomic mass is 16.5. The lowest BCUT2D eigenvalue weighted by atomic mass is 9.86. The first-order valence-corrected chi connectivity index (χ1v) is 11.3. The van der Waals surface area contributed by atoms with Crippen molar-refractivity contribution in [2.75, 3.05) is 24.6 Å². The molecule has 1 N–H and O–H groups in total. The summed E-state index contributed by atoms with van der Waals surface area (Å²) in [7, 11) is 0. The number of hydrogen-bond donors (Lipinski definition) is 1. The van der Waals surface area contributed by atoms with Crippen LogP contribution in [0.25, 0.3) is 0 Å².